The monoisotopic (exact) mass is 303 g/mol. The van der Waals surface area contributed by atoms with Crippen LogP contribution in [0.3, 0.4) is 0 Å². The number of nitrogens with one attached hydrogen (secondary N) is 1. The van der Waals surface area contributed by atoms with E-state index in [1.165, 1.54) is 10.9 Å². The molecule has 0 fully saturated rings. The molecule has 0 aliphatic carbocycles. The summed E-state index contributed by atoms with van der Waals surface area (Å²) in [5, 5.41) is 0. The summed E-state index contributed by atoms with van der Waals surface area (Å²) in [6.07, 6.45) is 1.39. The minimum atomic E-state index is -3.49. The van der Waals surface area contributed by atoms with Gasteiger partial charge in [0.05, 0.1) is 19.5 Å². The summed E-state index contributed by atoms with van der Waals surface area (Å²) < 4.78 is 22.2. The Balaban J connectivity index is 1.97. The van der Waals surface area contributed by atoms with Crippen molar-refractivity contribution in [1.29, 1.82) is 0 Å². The molecule has 2 heterocycles. The van der Waals surface area contributed by atoms with Crippen molar-refractivity contribution >= 4 is 24.7 Å². The summed E-state index contributed by atoms with van der Waals surface area (Å²) in [5.41, 5.74) is 5.48. The van der Waals surface area contributed by atoms with E-state index >= 15 is 0 Å². The molecule has 0 aliphatic heterocycles. The van der Waals surface area contributed by atoms with Gasteiger partial charge in [0.2, 0.25) is 5.95 Å². The lowest BCUT2D eigenvalue weighted by Gasteiger charge is -2.08. The van der Waals surface area contributed by atoms with Gasteiger partial charge < -0.3 is 19.9 Å². The van der Waals surface area contributed by atoms with Gasteiger partial charge in [-0.15, -0.1) is 0 Å². The predicted molar refractivity (Wildman–Crippen MR) is 70.2 cm³/mol. The third-order valence-electron chi connectivity index (χ3n) is 2.28. The number of anilines is 1. The fraction of sp³-hybridized carbons (Fsp3) is 0.444. The Hall–Kier alpha value is -1.74. The van der Waals surface area contributed by atoms with Crippen molar-refractivity contribution in [2.75, 3.05) is 25.6 Å². The minimum Gasteiger partial charge on any atom is -0.369 e. The molecule has 2 aromatic rings. The predicted octanol–water partition coefficient (Wildman–Crippen LogP) is -0.492. The Morgan fingerprint density at radius 2 is 2.30 bits per heavy atom. The van der Waals surface area contributed by atoms with Gasteiger partial charge in [-0.05, 0) is 0 Å². The molecule has 0 amide bonds. The molecular weight excluding hydrogens is 289 g/mol. The molecular formula is C9H14N5O5P. The minimum absolute atomic E-state index is 0.0141. The van der Waals surface area contributed by atoms with Crippen molar-refractivity contribution in [3.63, 3.8) is 0 Å². The van der Waals surface area contributed by atoms with E-state index in [1.54, 1.807) is 0 Å². The van der Waals surface area contributed by atoms with Crippen molar-refractivity contribution in [1.82, 2.24) is 19.5 Å². The van der Waals surface area contributed by atoms with Crippen LogP contribution in [-0.4, -0.2) is 44.3 Å². The van der Waals surface area contributed by atoms with Crippen LogP contribution in [0.15, 0.2) is 11.1 Å². The van der Waals surface area contributed by atoms with Crippen LogP contribution in [0, 0.1) is 0 Å². The summed E-state index contributed by atoms with van der Waals surface area (Å²) >= 11 is 0. The van der Waals surface area contributed by atoms with Gasteiger partial charge in [0.15, 0.2) is 11.2 Å². The number of hydrogen-bond acceptors (Lipinski definition) is 7. The Kier molecular flexibility index (Phi) is 4.19. The van der Waals surface area contributed by atoms with Crippen molar-refractivity contribution in [2.45, 2.75) is 6.73 Å². The average Bonchev–Trinajstić information content (AvgIpc) is 2.70. The van der Waals surface area contributed by atoms with Crippen molar-refractivity contribution in [3.8, 4) is 0 Å². The first-order valence-electron chi connectivity index (χ1n) is 5.60. The summed E-state index contributed by atoms with van der Waals surface area (Å²) in [4.78, 5) is 30.6. The van der Waals surface area contributed by atoms with Gasteiger partial charge in [-0.3, -0.25) is 18.9 Å². The maximum Gasteiger partial charge on any atom is 0.325 e. The highest BCUT2D eigenvalue weighted by atomic mass is 31.2. The molecule has 0 aromatic carbocycles. The SMILES string of the molecule is CP(=O)(O)OCCOCn1cnc2c(=O)[nH]c(N)nc21. The lowest BCUT2D eigenvalue weighted by Crippen LogP contribution is -2.13. The van der Waals surface area contributed by atoms with E-state index in [1.807, 2.05) is 0 Å². The molecule has 10 nitrogen and oxygen atoms in total. The van der Waals surface area contributed by atoms with Crippen LogP contribution in [0.4, 0.5) is 5.95 Å². The zero-order chi connectivity index (χ0) is 14.8. The van der Waals surface area contributed by atoms with Crippen LogP contribution in [0.1, 0.15) is 0 Å². The molecule has 11 heteroatoms. The number of fused-ring (bicyclic) bond motifs is 1. The van der Waals surface area contributed by atoms with Gasteiger partial charge in [-0.2, -0.15) is 4.98 Å². The highest BCUT2D eigenvalue weighted by molar-refractivity contribution is 7.51. The number of aromatic nitrogens is 4. The number of imidazole rings is 1. The number of nitrogens with two attached hydrogens (primary N) is 1. The van der Waals surface area contributed by atoms with E-state index in [2.05, 4.69) is 19.5 Å². The van der Waals surface area contributed by atoms with Crippen LogP contribution in [0.25, 0.3) is 11.2 Å². The molecule has 2 aromatic heterocycles. The first-order valence-corrected chi connectivity index (χ1v) is 7.62. The molecule has 1 atom stereocenters. The third-order valence-corrected chi connectivity index (χ3v) is 2.94. The van der Waals surface area contributed by atoms with Crippen LogP contribution >= 0.6 is 7.60 Å². The molecule has 2 rings (SSSR count). The number of H-pyrrole nitrogens is 1. The lowest BCUT2D eigenvalue weighted by atomic mass is 10.5. The fourth-order valence-corrected chi connectivity index (χ4v) is 1.91. The van der Waals surface area contributed by atoms with Crippen LogP contribution in [0.5, 0.6) is 0 Å². The van der Waals surface area contributed by atoms with Crippen LogP contribution < -0.4 is 11.3 Å². The second kappa shape index (κ2) is 5.71. The standard InChI is InChI=1S/C9H14N5O5P/c1-20(16,17)19-3-2-18-5-14-4-11-6-7(14)12-9(10)13-8(6)15/h4H,2-3,5H2,1H3,(H,16,17)(H3,10,12,13,15). The number of hydrogen-bond donors (Lipinski definition) is 3. The first kappa shape index (κ1) is 14.7. The largest absolute Gasteiger partial charge is 0.369 e. The molecule has 110 valence electrons. The van der Waals surface area contributed by atoms with Gasteiger partial charge in [-0.25, -0.2) is 4.98 Å². The molecule has 0 bridgehead atoms. The van der Waals surface area contributed by atoms with E-state index in [-0.39, 0.29) is 31.4 Å². The molecule has 0 radical (unpaired) electrons. The zero-order valence-corrected chi connectivity index (χ0v) is 11.5. The molecule has 20 heavy (non-hydrogen) atoms. The smallest absolute Gasteiger partial charge is 0.325 e. The van der Waals surface area contributed by atoms with Crippen molar-refractivity contribution < 1.29 is 18.7 Å². The Morgan fingerprint density at radius 1 is 1.55 bits per heavy atom. The molecule has 0 aliphatic rings. The first-order chi connectivity index (χ1) is 9.37. The number of nitrogen functional groups attached to an aromatic ring is 1. The molecule has 0 saturated heterocycles. The molecule has 1 unspecified atom stereocenters. The van der Waals surface area contributed by atoms with E-state index in [0.717, 1.165) is 6.66 Å². The Bertz CT molecular complexity index is 704. The number of rotatable bonds is 6. The summed E-state index contributed by atoms with van der Waals surface area (Å²) in [5.74, 6) is -0.0141. The fourth-order valence-electron chi connectivity index (χ4n) is 1.49. The van der Waals surface area contributed by atoms with E-state index in [9.17, 15) is 9.36 Å². The van der Waals surface area contributed by atoms with E-state index in [4.69, 9.17) is 15.4 Å². The average molecular weight is 303 g/mol. The summed E-state index contributed by atoms with van der Waals surface area (Å²) in [7, 11) is -3.49. The van der Waals surface area contributed by atoms with Gasteiger partial charge >= 0.3 is 7.60 Å². The quantitative estimate of drug-likeness (QED) is 0.478. The zero-order valence-electron chi connectivity index (χ0n) is 10.6. The highest BCUT2D eigenvalue weighted by Gasteiger charge is 2.10. The summed E-state index contributed by atoms with van der Waals surface area (Å²) in [6.45, 7) is 1.24. The van der Waals surface area contributed by atoms with Gasteiger partial charge in [-0.1, -0.05) is 0 Å². The number of aromatic amines is 1. The van der Waals surface area contributed by atoms with Crippen molar-refractivity contribution in [2.24, 2.45) is 0 Å². The number of ether oxygens (including phenoxy) is 1. The second-order valence-corrected chi connectivity index (χ2v) is 5.88. The highest BCUT2D eigenvalue weighted by Crippen LogP contribution is 2.35. The van der Waals surface area contributed by atoms with Gasteiger partial charge in [0, 0.05) is 6.66 Å². The molecule has 0 saturated carbocycles. The normalized spacial score (nSPS) is 14.5. The van der Waals surface area contributed by atoms with Gasteiger partial charge in [0.1, 0.15) is 6.73 Å². The molecule has 4 N–H and O–H groups in total. The summed E-state index contributed by atoms with van der Waals surface area (Å²) in [6, 6.07) is 0. The Labute approximate surface area is 113 Å². The van der Waals surface area contributed by atoms with E-state index < -0.39 is 13.2 Å². The van der Waals surface area contributed by atoms with Crippen LogP contribution in [-0.2, 0) is 20.6 Å². The van der Waals surface area contributed by atoms with Crippen molar-refractivity contribution in [3.05, 3.63) is 16.7 Å². The van der Waals surface area contributed by atoms with Crippen LogP contribution in [0.2, 0.25) is 0 Å². The maximum atomic E-state index is 11.5. The number of nitrogens with zero attached hydrogens (tertiary/aromatic N) is 3. The van der Waals surface area contributed by atoms with Gasteiger partial charge in [0.25, 0.3) is 5.56 Å². The second-order valence-electron chi connectivity index (χ2n) is 4.01. The Morgan fingerprint density at radius 3 is 3.00 bits per heavy atom. The maximum absolute atomic E-state index is 11.5. The van der Waals surface area contributed by atoms with E-state index in [0.29, 0.717) is 5.65 Å². The third kappa shape index (κ3) is 3.64. The lowest BCUT2D eigenvalue weighted by molar-refractivity contribution is 0.0533. The molecule has 0 spiro atoms. The topological polar surface area (TPSA) is 145 Å².